The largest absolute Gasteiger partial charge is 0.413 e. The lowest BCUT2D eigenvalue weighted by atomic mass is 10.1. The average molecular weight is 348 g/mol. The van der Waals surface area contributed by atoms with E-state index in [0.29, 0.717) is 17.8 Å². The molecule has 1 aromatic carbocycles. The molecule has 0 aliphatic carbocycles. The number of nitrogens with one attached hydrogen (secondary N) is 2. The van der Waals surface area contributed by atoms with Gasteiger partial charge in [0.15, 0.2) is 6.04 Å². The van der Waals surface area contributed by atoms with Gasteiger partial charge in [0.05, 0.1) is 17.8 Å². The van der Waals surface area contributed by atoms with Gasteiger partial charge in [-0.2, -0.15) is 18.3 Å². The van der Waals surface area contributed by atoms with Gasteiger partial charge in [0.1, 0.15) is 11.6 Å². The molecule has 5 nitrogen and oxygen atoms in total. The predicted octanol–water partition coefficient (Wildman–Crippen LogP) is 2.80. The Bertz CT molecular complexity index is 708. The number of carbonyl (C=O) groups is 1. The van der Waals surface area contributed by atoms with E-state index in [1.165, 1.54) is 10.9 Å². The van der Waals surface area contributed by atoms with E-state index in [4.69, 9.17) is 0 Å². The smallest absolute Gasteiger partial charge is 0.333 e. The van der Waals surface area contributed by atoms with E-state index in [1.54, 1.807) is 18.4 Å². The lowest BCUT2D eigenvalue weighted by Crippen LogP contribution is -2.44. The highest BCUT2D eigenvalue weighted by Gasteiger charge is 2.44. The summed E-state index contributed by atoms with van der Waals surface area (Å²) >= 11 is 0. The number of urea groups is 1. The number of hydrogen-bond donors (Lipinski definition) is 2. The summed E-state index contributed by atoms with van der Waals surface area (Å²) in [7, 11) is 1.59. The molecule has 2 aromatic rings. The molecular weight excluding hydrogens is 335 g/mol. The topological polar surface area (TPSA) is 59.0 Å². The summed E-state index contributed by atoms with van der Waals surface area (Å²) in [4.78, 5) is 11.7. The maximum Gasteiger partial charge on any atom is 0.413 e. The van der Waals surface area contributed by atoms with Crippen molar-refractivity contribution in [3.8, 4) is 0 Å². The number of amides is 2. The van der Waals surface area contributed by atoms with Gasteiger partial charge >= 0.3 is 12.2 Å². The van der Waals surface area contributed by atoms with Crippen molar-refractivity contribution in [3.63, 3.8) is 0 Å². The lowest BCUT2D eigenvalue weighted by molar-refractivity contribution is -0.156. The molecule has 1 aromatic heterocycles. The second-order valence-electron chi connectivity index (χ2n) is 4.88. The minimum atomic E-state index is -5.08. The Balaban J connectivity index is 2.15. The molecule has 0 aliphatic rings. The number of aryl methyl sites for hydroxylation is 1. The van der Waals surface area contributed by atoms with Crippen molar-refractivity contribution in [1.29, 1.82) is 0 Å². The van der Waals surface area contributed by atoms with Gasteiger partial charge in [-0.05, 0) is 18.2 Å². The van der Waals surface area contributed by atoms with Gasteiger partial charge in [0, 0.05) is 13.2 Å². The Morgan fingerprint density at radius 3 is 2.38 bits per heavy atom. The quantitative estimate of drug-likeness (QED) is 0.835. The lowest BCUT2D eigenvalue weighted by Gasteiger charge is -2.23. The molecule has 10 heteroatoms. The Morgan fingerprint density at radius 1 is 1.25 bits per heavy atom. The van der Waals surface area contributed by atoms with Crippen molar-refractivity contribution in [2.24, 2.45) is 7.05 Å². The molecule has 1 atom stereocenters. The minimum absolute atomic E-state index is 0.104. The average Bonchev–Trinajstić information content (AvgIpc) is 2.88. The van der Waals surface area contributed by atoms with Crippen LogP contribution < -0.4 is 10.6 Å². The van der Waals surface area contributed by atoms with Crippen LogP contribution >= 0.6 is 0 Å². The first-order chi connectivity index (χ1) is 11.2. The number of nitrogens with zero attached hydrogens (tertiary/aromatic N) is 2. The molecule has 0 aliphatic heterocycles. The predicted molar refractivity (Wildman–Crippen MR) is 73.7 cm³/mol. The van der Waals surface area contributed by atoms with E-state index >= 15 is 0 Å². The minimum Gasteiger partial charge on any atom is -0.333 e. The third kappa shape index (κ3) is 4.00. The van der Waals surface area contributed by atoms with Gasteiger partial charge < -0.3 is 10.6 Å². The van der Waals surface area contributed by atoms with Crippen molar-refractivity contribution < 1.29 is 26.7 Å². The number of halogens is 5. The molecule has 2 amide bonds. The Hall–Kier alpha value is -2.65. The first kappa shape index (κ1) is 17.7. The standard InChI is InChI=1S/C14H13F5N4O/c1-23-8(5-6-21-23)7-20-13(24)22-12(14(17,18)19)11-9(15)3-2-4-10(11)16/h2-6,12H,7H2,1H3,(H2,20,22,24)/t12-/m1/s1. The van der Waals surface area contributed by atoms with Crippen molar-refractivity contribution in [1.82, 2.24) is 20.4 Å². The van der Waals surface area contributed by atoms with Crippen molar-refractivity contribution in [3.05, 3.63) is 53.4 Å². The van der Waals surface area contributed by atoms with E-state index in [0.717, 1.165) is 6.07 Å². The van der Waals surface area contributed by atoms with Crippen LogP contribution in [0.5, 0.6) is 0 Å². The van der Waals surface area contributed by atoms with Gasteiger partial charge in [0.25, 0.3) is 0 Å². The highest BCUT2D eigenvalue weighted by Crippen LogP contribution is 2.35. The third-order valence-electron chi connectivity index (χ3n) is 3.24. The van der Waals surface area contributed by atoms with E-state index < -0.39 is 35.4 Å². The first-order valence-electron chi connectivity index (χ1n) is 6.72. The molecule has 0 spiro atoms. The van der Waals surface area contributed by atoms with Crippen LogP contribution in [-0.4, -0.2) is 22.0 Å². The van der Waals surface area contributed by atoms with Crippen molar-refractivity contribution in [2.75, 3.05) is 0 Å². The van der Waals surface area contributed by atoms with Crippen LogP contribution in [0.1, 0.15) is 17.3 Å². The monoisotopic (exact) mass is 348 g/mol. The summed E-state index contributed by atoms with van der Waals surface area (Å²) in [5, 5.41) is 7.56. The maximum atomic E-state index is 13.6. The summed E-state index contributed by atoms with van der Waals surface area (Å²) in [5.74, 6) is -2.80. The van der Waals surface area contributed by atoms with Crippen LogP contribution in [0.4, 0.5) is 26.7 Å². The summed E-state index contributed by atoms with van der Waals surface area (Å²) in [5.41, 5.74) is -0.730. The SMILES string of the molecule is Cn1nccc1CNC(=O)N[C@H](c1c(F)cccc1F)C(F)(F)F. The number of hydrogen-bond acceptors (Lipinski definition) is 2. The van der Waals surface area contributed by atoms with Gasteiger partial charge in [-0.1, -0.05) is 6.07 Å². The van der Waals surface area contributed by atoms with Gasteiger partial charge in [-0.15, -0.1) is 0 Å². The summed E-state index contributed by atoms with van der Waals surface area (Å²) < 4.78 is 68.0. The van der Waals surface area contributed by atoms with Crippen molar-refractivity contribution in [2.45, 2.75) is 18.8 Å². The van der Waals surface area contributed by atoms with Crippen LogP contribution in [0.2, 0.25) is 0 Å². The van der Waals surface area contributed by atoms with Crippen LogP contribution in [0.15, 0.2) is 30.5 Å². The zero-order chi connectivity index (χ0) is 17.9. The zero-order valence-electron chi connectivity index (χ0n) is 12.4. The molecular formula is C14H13F5N4O. The van der Waals surface area contributed by atoms with E-state index in [-0.39, 0.29) is 6.54 Å². The molecule has 0 saturated heterocycles. The van der Waals surface area contributed by atoms with Gasteiger partial charge in [-0.3, -0.25) is 4.68 Å². The van der Waals surface area contributed by atoms with E-state index in [2.05, 4.69) is 10.4 Å². The molecule has 130 valence electrons. The highest BCUT2D eigenvalue weighted by molar-refractivity contribution is 5.74. The Morgan fingerprint density at radius 2 is 1.88 bits per heavy atom. The Kier molecular flexibility index (Phi) is 5.05. The summed E-state index contributed by atoms with van der Waals surface area (Å²) in [6.07, 6.45) is -3.63. The second-order valence-corrected chi connectivity index (χ2v) is 4.88. The fraction of sp³-hybridized carbons (Fsp3) is 0.286. The molecule has 2 rings (SSSR count). The second kappa shape index (κ2) is 6.85. The number of carbonyl (C=O) groups excluding carboxylic acids is 1. The molecule has 0 bridgehead atoms. The highest BCUT2D eigenvalue weighted by atomic mass is 19.4. The van der Waals surface area contributed by atoms with Crippen LogP contribution in [0.3, 0.4) is 0 Å². The van der Waals surface area contributed by atoms with Gasteiger partial charge in [-0.25, -0.2) is 13.6 Å². The van der Waals surface area contributed by atoms with Gasteiger partial charge in [0.2, 0.25) is 0 Å². The normalized spacial score (nSPS) is 12.8. The molecule has 2 N–H and O–H groups in total. The summed E-state index contributed by atoms with van der Waals surface area (Å²) in [6, 6.07) is -0.174. The number of rotatable bonds is 4. The summed E-state index contributed by atoms with van der Waals surface area (Å²) in [6.45, 7) is -0.104. The van der Waals surface area contributed by atoms with Crippen LogP contribution in [0.25, 0.3) is 0 Å². The molecule has 24 heavy (non-hydrogen) atoms. The number of aromatic nitrogens is 2. The Labute approximate surface area is 133 Å². The number of alkyl halides is 3. The number of benzene rings is 1. The zero-order valence-corrected chi connectivity index (χ0v) is 12.4. The van der Waals surface area contributed by atoms with Crippen molar-refractivity contribution >= 4 is 6.03 Å². The van der Waals surface area contributed by atoms with Crippen LogP contribution in [-0.2, 0) is 13.6 Å². The fourth-order valence-corrected chi connectivity index (χ4v) is 2.03. The first-order valence-corrected chi connectivity index (χ1v) is 6.72. The van der Waals surface area contributed by atoms with E-state index in [9.17, 15) is 26.7 Å². The fourth-order valence-electron chi connectivity index (χ4n) is 2.03. The molecule has 0 saturated carbocycles. The van der Waals surface area contributed by atoms with Crippen LogP contribution in [0, 0.1) is 11.6 Å². The molecule has 1 heterocycles. The molecule has 0 unspecified atom stereocenters. The maximum absolute atomic E-state index is 13.6. The third-order valence-corrected chi connectivity index (χ3v) is 3.24. The molecule has 0 radical (unpaired) electrons. The molecule has 0 fully saturated rings. The van der Waals surface area contributed by atoms with E-state index in [1.807, 2.05) is 0 Å².